The highest BCUT2D eigenvalue weighted by Gasteiger charge is 2.34. The molecule has 17 heteroatoms. The minimum atomic E-state index is 0.0586. The molecule has 332 valence electrons. The zero-order valence-corrected chi connectivity index (χ0v) is 37.3. The number of rotatable bonds is 9. The van der Waals surface area contributed by atoms with Crippen molar-refractivity contribution in [1.82, 2.24) is 68.0 Å². The third kappa shape index (κ3) is 6.69. The quantitative estimate of drug-likeness (QED) is 0.169. The molecule has 1 unspecified atom stereocenters. The number of aromatic nitrogens is 12. The Hall–Kier alpha value is -6.88. The first kappa shape index (κ1) is 39.7. The normalized spacial score (nSPS) is 17.6. The molecular weight excluding hydrogens is 821 g/mol. The first-order valence-electron chi connectivity index (χ1n) is 22.9. The Morgan fingerprint density at radius 3 is 1.95 bits per heavy atom. The lowest BCUT2D eigenvalue weighted by molar-refractivity contribution is -0.133. The SMILES string of the molecule is CC(=O)N1CCn2c(C3CCOC3)nc(-c3ccc4c(-c5cnn(C)c5)nn(CCC(=O)N5CCn6c(C7CCC7)nc(-c7ccc8c(c7)c(-c7cnn(C)c7)nn8C)c6C5)c4c3)c2C1. The predicted molar refractivity (Wildman–Crippen MR) is 243 cm³/mol. The summed E-state index contributed by atoms with van der Waals surface area (Å²) in [6.07, 6.45) is 12.4. The molecular formula is C48H52N14O3. The van der Waals surface area contributed by atoms with Crippen molar-refractivity contribution in [2.24, 2.45) is 21.1 Å². The number of benzene rings is 2. The number of hydrogen-bond acceptors (Lipinski definition) is 9. The summed E-state index contributed by atoms with van der Waals surface area (Å²) >= 11 is 0. The molecule has 1 aliphatic carbocycles. The number of fused-ring (bicyclic) bond motifs is 4. The Balaban J connectivity index is 0.867. The molecule has 9 heterocycles. The van der Waals surface area contributed by atoms with Crippen LogP contribution in [0.2, 0.25) is 0 Å². The second-order valence-electron chi connectivity index (χ2n) is 18.3. The molecule has 0 N–H and O–H groups in total. The minimum Gasteiger partial charge on any atom is -0.381 e. The summed E-state index contributed by atoms with van der Waals surface area (Å²) in [6.45, 7) is 7.08. The lowest BCUT2D eigenvalue weighted by atomic mass is 9.85. The van der Waals surface area contributed by atoms with Crippen LogP contribution in [-0.2, 0) is 68.2 Å². The summed E-state index contributed by atoms with van der Waals surface area (Å²) in [5.74, 6) is 2.97. The van der Waals surface area contributed by atoms with E-state index in [9.17, 15) is 9.59 Å². The van der Waals surface area contributed by atoms with E-state index in [0.717, 1.165) is 116 Å². The van der Waals surface area contributed by atoms with Gasteiger partial charge in [-0.1, -0.05) is 18.6 Å². The molecule has 1 saturated carbocycles. The molecule has 0 radical (unpaired) electrons. The molecule has 65 heavy (non-hydrogen) atoms. The summed E-state index contributed by atoms with van der Waals surface area (Å²) in [5.41, 5.74) is 11.5. The van der Waals surface area contributed by atoms with E-state index < -0.39 is 0 Å². The largest absolute Gasteiger partial charge is 0.381 e. The third-order valence-electron chi connectivity index (χ3n) is 14.3. The molecule has 4 aliphatic rings. The van der Waals surface area contributed by atoms with Crippen LogP contribution >= 0.6 is 0 Å². The zero-order chi connectivity index (χ0) is 44.1. The van der Waals surface area contributed by atoms with Crippen LogP contribution in [0.25, 0.3) is 66.8 Å². The fraction of sp³-hybridized carbons (Fsp3) is 0.417. The topological polar surface area (TPSA) is 157 Å². The number of aryl methyl sites for hydroxylation is 4. The first-order valence-corrected chi connectivity index (χ1v) is 22.9. The Bertz CT molecular complexity index is 3180. The van der Waals surface area contributed by atoms with Gasteiger partial charge in [-0.05, 0) is 43.5 Å². The number of hydrogen-bond donors (Lipinski definition) is 0. The van der Waals surface area contributed by atoms with Crippen LogP contribution in [0.15, 0.2) is 61.2 Å². The van der Waals surface area contributed by atoms with Gasteiger partial charge in [0.15, 0.2) is 0 Å². The van der Waals surface area contributed by atoms with Gasteiger partial charge in [-0.25, -0.2) is 9.97 Å². The van der Waals surface area contributed by atoms with Gasteiger partial charge in [-0.15, -0.1) is 0 Å². The third-order valence-corrected chi connectivity index (χ3v) is 14.3. The maximum absolute atomic E-state index is 14.5. The van der Waals surface area contributed by atoms with Crippen molar-refractivity contribution < 1.29 is 14.3 Å². The van der Waals surface area contributed by atoms with Crippen LogP contribution in [0.5, 0.6) is 0 Å². The molecule has 1 atom stereocenters. The molecule has 2 fully saturated rings. The molecule has 12 rings (SSSR count). The van der Waals surface area contributed by atoms with Crippen molar-refractivity contribution in [2.75, 3.05) is 26.3 Å². The summed E-state index contributed by atoms with van der Waals surface area (Å²) in [7, 11) is 5.80. The van der Waals surface area contributed by atoms with E-state index in [2.05, 4.69) is 55.7 Å². The van der Waals surface area contributed by atoms with Crippen molar-refractivity contribution in [2.45, 2.75) is 83.6 Å². The zero-order valence-electron chi connectivity index (χ0n) is 37.3. The van der Waals surface area contributed by atoms with Gasteiger partial charge >= 0.3 is 0 Å². The van der Waals surface area contributed by atoms with Crippen LogP contribution < -0.4 is 0 Å². The predicted octanol–water partition coefficient (Wildman–Crippen LogP) is 6.02. The van der Waals surface area contributed by atoms with Gasteiger partial charge in [0, 0.05) is 125 Å². The molecule has 6 aromatic heterocycles. The van der Waals surface area contributed by atoms with Crippen molar-refractivity contribution in [3.8, 4) is 45.0 Å². The van der Waals surface area contributed by atoms with Crippen LogP contribution in [0, 0.1) is 0 Å². The molecule has 2 aromatic carbocycles. The molecule has 1 saturated heterocycles. The van der Waals surface area contributed by atoms with E-state index in [0.29, 0.717) is 58.3 Å². The number of ether oxygens (including phenoxy) is 1. The summed E-state index contributed by atoms with van der Waals surface area (Å²) in [4.78, 5) is 41.7. The second-order valence-corrected chi connectivity index (χ2v) is 18.3. The first-order chi connectivity index (χ1) is 31.6. The number of carbonyl (C=O) groups is 2. The van der Waals surface area contributed by atoms with E-state index in [1.807, 2.05) is 65.1 Å². The maximum atomic E-state index is 14.5. The molecule has 2 amide bonds. The van der Waals surface area contributed by atoms with Crippen LogP contribution in [0.1, 0.15) is 73.9 Å². The number of imidazole rings is 2. The minimum absolute atomic E-state index is 0.0586. The fourth-order valence-corrected chi connectivity index (χ4v) is 10.5. The highest BCUT2D eigenvalue weighted by Crippen LogP contribution is 2.41. The van der Waals surface area contributed by atoms with Crippen LogP contribution in [0.4, 0.5) is 0 Å². The summed E-state index contributed by atoms with van der Waals surface area (Å²) in [5, 5.41) is 21.0. The number of amides is 2. The second kappa shape index (κ2) is 15.4. The Labute approximate surface area is 375 Å². The standard InChI is InChI=1S/C48H52N14O3/c1-29(63)58-15-17-61-40(26-58)46(52-48(61)33-13-19-65-28-33)32-8-10-36-39(21-32)62(54-43(36)34-22-49-55(2)24-34)14-12-42(64)59-16-18-60-41(27-59)45(51-47(60)30-6-5-7-30)31-9-11-38-37(20-31)44(53-57(38)4)35-23-50-56(3)25-35/h8-11,20-25,30,33H,5-7,12-19,26-28H2,1-4H3. The van der Waals surface area contributed by atoms with Crippen LogP contribution in [-0.4, -0.2) is 106 Å². The fourth-order valence-electron chi connectivity index (χ4n) is 10.5. The van der Waals surface area contributed by atoms with Crippen molar-refractivity contribution in [3.63, 3.8) is 0 Å². The van der Waals surface area contributed by atoms with Gasteiger partial charge in [-0.2, -0.15) is 20.4 Å². The van der Waals surface area contributed by atoms with E-state index in [1.165, 1.54) is 6.42 Å². The lowest BCUT2D eigenvalue weighted by Crippen LogP contribution is -2.39. The monoisotopic (exact) mass is 872 g/mol. The molecule has 3 aliphatic heterocycles. The van der Waals surface area contributed by atoms with Gasteiger partial charge in [-0.3, -0.25) is 28.3 Å². The Morgan fingerprint density at radius 2 is 1.32 bits per heavy atom. The highest BCUT2D eigenvalue weighted by molar-refractivity contribution is 5.97. The van der Waals surface area contributed by atoms with Gasteiger partial charge in [0.1, 0.15) is 23.0 Å². The van der Waals surface area contributed by atoms with Crippen LogP contribution in [0.3, 0.4) is 0 Å². The van der Waals surface area contributed by atoms with E-state index in [-0.39, 0.29) is 24.2 Å². The van der Waals surface area contributed by atoms with E-state index in [1.54, 1.807) is 16.3 Å². The lowest BCUT2D eigenvalue weighted by Gasteiger charge is -2.32. The van der Waals surface area contributed by atoms with Crippen molar-refractivity contribution >= 4 is 33.6 Å². The number of nitrogens with zero attached hydrogens (tertiary/aromatic N) is 14. The Morgan fingerprint density at radius 1 is 0.677 bits per heavy atom. The van der Waals surface area contributed by atoms with E-state index in [4.69, 9.17) is 24.9 Å². The molecule has 17 nitrogen and oxygen atoms in total. The van der Waals surface area contributed by atoms with Gasteiger partial charge in [0.2, 0.25) is 11.8 Å². The van der Waals surface area contributed by atoms with Gasteiger partial charge in [0.25, 0.3) is 0 Å². The Kier molecular flexibility index (Phi) is 9.40. The van der Waals surface area contributed by atoms with Gasteiger partial charge < -0.3 is 23.7 Å². The number of carbonyl (C=O) groups excluding carboxylic acids is 2. The average molecular weight is 873 g/mol. The molecule has 8 aromatic rings. The van der Waals surface area contributed by atoms with Gasteiger partial charge in [0.05, 0.1) is 72.4 Å². The highest BCUT2D eigenvalue weighted by atomic mass is 16.5. The molecule has 0 bridgehead atoms. The molecule has 0 spiro atoms. The maximum Gasteiger partial charge on any atom is 0.224 e. The smallest absolute Gasteiger partial charge is 0.224 e. The van der Waals surface area contributed by atoms with E-state index >= 15 is 0 Å². The van der Waals surface area contributed by atoms with Crippen molar-refractivity contribution in [1.29, 1.82) is 0 Å². The average Bonchev–Trinajstić information content (AvgIpc) is 4.17. The summed E-state index contributed by atoms with van der Waals surface area (Å²) < 4.78 is 18.0. The summed E-state index contributed by atoms with van der Waals surface area (Å²) in [6, 6.07) is 12.9. The van der Waals surface area contributed by atoms with Crippen molar-refractivity contribution in [3.05, 3.63) is 84.2 Å².